The number of azide groups is 1. The minimum absolute atomic E-state index is 0.110. The predicted molar refractivity (Wildman–Crippen MR) is 62.2 cm³/mol. The van der Waals surface area contributed by atoms with Crippen molar-refractivity contribution in [3.05, 3.63) is 10.4 Å². The number of rotatable bonds is 4. The lowest BCUT2D eigenvalue weighted by molar-refractivity contribution is -0.225. The molecule has 0 aliphatic carbocycles. The van der Waals surface area contributed by atoms with Crippen LogP contribution in [0.2, 0.25) is 0 Å². The highest BCUT2D eigenvalue weighted by Crippen LogP contribution is 2.26. The molecule has 1 rings (SSSR count). The Balaban J connectivity index is 2.73. The second kappa shape index (κ2) is 6.87. The second-order valence-electron chi connectivity index (χ2n) is 3.87. The summed E-state index contributed by atoms with van der Waals surface area (Å²) in [7, 11) is 0. The number of hydrogen-bond donors (Lipinski definition) is 0. The Morgan fingerprint density at radius 1 is 1.72 bits per heavy atom. The maximum Gasteiger partial charge on any atom is 0.303 e. The van der Waals surface area contributed by atoms with Crippen molar-refractivity contribution in [3.63, 3.8) is 0 Å². The molecular formula is C11H15N3O4. The van der Waals surface area contributed by atoms with Gasteiger partial charge in [0.2, 0.25) is 0 Å². The van der Waals surface area contributed by atoms with Crippen LogP contribution in [0.1, 0.15) is 20.3 Å². The molecule has 0 bridgehead atoms. The second-order valence-corrected chi connectivity index (χ2v) is 3.87. The number of hydrogen-bond acceptors (Lipinski definition) is 5. The van der Waals surface area contributed by atoms with Gasteiger partial charge in [-0.15, -0.1) is 6.42 Å². The molecule has 0 spiro atoms. The molecule has 0 saturated carbocycles. The Hall–Kier alpha value is -1.74. The van der Waals surface area contributed by atoms with Crippen molar-refractivity contribution in [1.29, 1.82) is 0 Å². The van der Waals surface area contributed by atoms with E-state index in [2.05, 4.69) is 15.9 Å². The molecule has 7 heteroatoms. The van der Waals surface area contributed by atoms with Crippen LogP contribution in [0.15, 0.2) is 5.11 Å². The lowest BCUT2D eigenvalue weighted by Gasteiger charge is -2.37. The first-order chi connectivity index (χ1) is 8.58. The van der Waals surface area contributed by atoms with E-state index in [1.807, 2.05) is 0 Å². The maximum atomic E-state index is 11.0. The van der Waals surface area contributed by atoms with Crippen molar-refractivity contribution < 1.29 is 19.0 Å². The molecule has 18 heavy (non-hydrogen) atoms. The van der Waals surface area contributed by atoms with Crippen molar-refractivity contribution >= 4 is 5.97 Å². The molecule has 0 aromatic carbocycles. The zero-order chi connectivity index (χ0) is 13.5. The minimum Gasteiger partial charge on any atom is -0.459 e. The van der Waals surface area contributed by atoms with E-state index in [-0.39, 0.29) is 6.61 Å². The molecule has 1 unspecified atom stereocenters. The van der Waals surface area contributed by atoms with Gasteiger partial charge in [-0.2, -0.15) is 0 Å². The first-order valence-corrected chi connectivity index (χ1v) is 5.50. The highest BCUT2D eigenvalue weighted by Gasteiger charge is 2.38. The smallest absolute Gasteiger partial charge is 0.303 e. The summed E-state index contributed by atoms with van der Waals surface area (Å²) in [6.45, 7) is 3.12. The molecule has 7 nitrogen and oxygen atoms in total. The van der Waals surface area contributed by atoms with Gasteiger partial charge in [-0.1, -0.05) is 11.0 Å². The molecule has 1 aliphatic rings. The largest absolute Gasteiger partial charge is 0.459 e. The first kappa shape index (κ1) is 14.3. The van der Waals surface area contributed by atoms with Crippen LogP contribution >= 0.6 is 0 Å². The minimum atomic E-state index is -0.607. The molecule has 0 radical (unpaired) electrons. The third kappa shape index (κ3) is 3.93. The summed E-state index contributed by atoms with van der Waals surface area (Å²) in [6.07, 6.45) is 3.79. The van der Waals surface area contributed by atoms with Gasteiger partial charge >= 0.3 is 5.97 Å². The monoisotopic (exact) mass is 253 g/mol. The van der Waals surface area contributed by atoms with Gasteiger partial charge in [0.1, 0.15) is 12.7 Å². The van der Waals surface area contributed by atoms with Gasteiger partial charge in [-0.3, -0.25) is 4.79 Å². The summed E-state index contributed by atoms with van der Waals surface area (Å²) in [5.74, 6) is 1.88. The van der Waals surface area contributed by atoms with Crippen LogP contribution in [0.3, 0.4) is 0 Å². The predicted octanol–water partition coefficient (Wildman–Crippen LogP) is 1.38. The van der Waals surface area contributed by atoms with E-state index in [1.165, 1.54) is 6.92 Å². The van der Waals surface area contributed by atoms with Gasteiger partial charge in [-0.25, -0.2) is 0 Å². The number of ether oxygens (including phenoxy) is 3. The summed E-state index contributed by atoms with van der Waals surface area (Å²) < 4.78 is 15.8. The third-order valence-corrected chi connectivity index (χ3v) is 2.50. The van der Waals surface area contributed by atoms with Crippen LogP contribution in [0, 0.1) is 12.3 Å². The number of carbonyl (C=O) groups excluding carboxylic acids is 1. The Morgan fingerprint density at radius 2 is 2.44 bits per heavy atom. The van der Waals surface area contributed by atoms with Crippen LogP contribution in [-0.2, 0) is 19.0 Å². The van der Waals surface area contributed by atoms with Crippen LogP contribution in [-0.4, -0.2) is 37.1 Å². The average molecular weight is 253 g/mol. The summed E-state index contributed by atoms with van der Waals surface area (Å²) in [5.41, 5.74) is 8.52. The Labute approximate surface area is 105 Å². The quantitative estimate of drug-likeness (QED) is 0.249. The van der Waals surface area contributed by atoms with E-state index in [0.29, 0.717) is 6.42 Å². The summed E-state index contributed by atoms with van der Waals surface area (Å²) in [5, 5.41) is 3.62. The molecule has 1 heterocycles. The molecule has 1 aliphatic heterocycles. The van der Waals surface area contributed by atoms with Gasteiger partial charge in [-0.05, 0) is 12.5 Å². The van der Waals surface area contributed by atoms with Crippen molar-refractivity contribution in [1.82, 2.24) is 0 Å². The maximum absolute atomic E-state index is 11.0. The number of nitrogens with zero attached hydrogens (tertiary/aromatic N) is 3. The molecule has 0 amide bonds. The van der Waals surface area contributed by atoms with E-state index < -0.39 is 30.5 Å². The fraction of sp³-hybridized carbons (Fsp3) is 0.727. The topological polar surface area (TPSA) is 93.5 Å². The summed E-state index contributed by atoms with van der Waals surface area (Å²) in [6, 6.07) is -0.523. The van der Waals surface area contributed by atoms with Crippen LogP contribution in [0.5, 0.6) is 0 Å². The van der Waals surface area contributed by atoms with Crippen molar-refractivity contribution in [2.75, 3.05) is 6.61 Å². The molecular weight excluding hydrogens is 238 g/mol. The fourth-order valence-electron chi connectivity index (χ4n) is 1.81. The molecule has 4 atom stereocenters. The highest BCUT2D eigenvalue weighted by molar-refractivity contribution is 5.66. The normalized spacial score (nSPS) is 30.9. The first-order valence-electron chi connectivity index (χ1n) is 5.50. The van der Waals surface area contributed by atoms with E-state index >= 15 is 0 Å². The average Bonchev–Trinajstić information content (AvgIpc) is 2.31. The molecule has 1 saturated heterocycles. The van der Waals surface area contributed by atoms with Gasteiger partial charge in [0.05, 0.1) is 12.1 Å². The lowest BCUT2D eigenvalue weighted by Crippen LogP contribution is -2.48. The number of esters is 1. The van der Waals surface area contributed by atoms with Gasteiger partial charge in [0.15, 0.2) is 6.29 Å². The zero-order valence-corrected chi connectivity index (χ0v) is 10.3. The molecule has 1 fully saturated rings. The zero-order valence-electron chi connectivity index (χ0n) is 10.3. The molecule has 98 valence electrons. The highest BCUT2D eigenvalue weighted by atomic mass is 16.7. The third-order valence-electron chi connectivity index (χ3n) is 2.50. The van der Waals surface area contributed by atoms with Gasteiger partial charge in [0.25, 0.3) is 0 Å². The Kier molecular flexibility index (Phi) is 5.46. The van der Waals surface area contributed by atoms with Crippen LogP contribution in [0.4, 0.5) is 0 Å². The van der Waals surface area contributed by atoms with E-state index in [0.717, 1.165) is 0 Å². The lowest BCUT2D eigenvalue weighted by atomic mass is 10.0. The molecule has 0 aromatic rings. The number of carbonyl (C=O) groups is 1. The number of terminal acetylenes is 1. The molecule has 0 aromatic heterocycles. The van der Waals surface area contributed by atoms with E-state index in [9.17, 15) is 4.79 Å². The Bertz CT molecular complexity index is 386. The summed E-state index contributed by atoms with van der Waals surface area (Å²) in [4.78, 5) is 13.7. The van der Waals surface area contributed by atoms with Crippen molar-refractivity contribution in [2.24, 2.45) is 5.11 Å². The van der Waals surface area contributed by atoms with Crippen LogP contribution in [0.25, 0.3) is 10.4 Å². The van der Waals surface area contributed by atoms with Crippen molar-refractivity contribution in [2.45, 2.75) is 44.8 Å². The van der Waals surface area contributed by atoms with E-state index in [4.69, 9.17) is 26.2 Å². The fourth-order valence-corrected chi connectivity index (χ4v) is 1.81. The SMILES string of the molecule is C#CCO[C@@H]1CC(N=[N+]=[N-])[C@@H](OC(C)=O)[C@H](C)O1. The van der Waals surface area contributed by atoms with Crippen molar-refractivity contribution in [3.8, 4) is 12.3 Å². The van der Waals surface area contributed by atoms with Gasteiger partial charge in [0, 0.05) is 18.3 Å². The Morgan fingerprint density at radius 3 is 3.00 bits per heavy atom. The van der Waals surface area contributed by atoms with Gasteiger partial charge < -0.3 is 14.2 Å². The van der Waals surface area contributed by atoms with E-state index in [1.54, 1.807) is 6.92 Å². The van der Waals surface area contributed by atoms with Crippen LogP contribution < -0.4 is 0 Å². The standard InChI is InChI=1S/C11H15N3O4/c1-4-5-16-10-6-9(13-14-12)11(7(2)17-10)18-8(3)15/h1,7,9-11H,5-6H2,2-3H3/t7-,9?,10-,11-/m0/s1. The summed E-state index contributed by atoms with van der Waals surface area (Å²) >= 11 is 0. The molecule has 0 N–H and O–H groups in total.